The molecule has 1 aromatic heterocycles. The number of hydrogen-bond acceptors (Lipinski definition) is 2. The molecule has 0 aliphatic rings. The smallest absolute Gasteiger partial charge is 0.124 e. The first-order chi connectivity index (χ1) is 6.72. The molecule has 1 unspecified atom stereocenters. The molecule has 3 heteroatoms. The fourth-order valence-electron chi connectivity index (χ4n) is 1.51. The highest BCUT2D eigenvalue weighted by Crippen LogP contribution is 2.30. The molecule has 14 heavy (non-hydrogen) atoms. The van der Waals surface area contributed by atoms with Gasteiger partial charge in [0.25, 0.3) is 0 Å². The van der Waals surface area contributed by atoms with Gasteiger partial charge in [-0.2, -0.15) is 0 Å². The van der Waals surface area contributed by atoms with Gasteiger partial charge in [-0.3, -0.25) is 0 Å². The lowest BCUT2D eigenvalue weighted by atomic mass is 10.1. The molecule has 0 spiro atoms. The van der Waals surface area contributed by atoms with Crippen molar-refractivity contribution in [3.8, 4) is 0 Å². The standard InChI is InChI=1S/C11H12FNS/c1-7(13-2)10-6-14-11-5-8(12)3-4-9(10)11/h3-7,13H,1-2H3. The molecule has 2 aromatic rings. The van der Waals surface area contributed by atoms with Crippen molar-refractivity contribution in [1.29, 1.82) is 0 Å². The van der Waals surface area contributed by atoms with E-state index in [1.54, 1.807) is 17.4 Å². The van der Waals surface area contributed by atoms with E-state index >= 15 is 0 Å². The van der Waals surface area contributed by atoms with Gasteiger partial charge in [-0.05, 0) is 42.4 Å². The van der Waals surface area contributed by atoms with Crippen LogP contribution in [0.4, 0.5) is 4.39 Å². The number of halogens is 1. The van der Waals surface area contributed by atoms with Crippen molar-refractivity contribution >= 4 is 21.4 Å². The first-order valence-corrected chi connectivity index (χ1v) is 5.44. The molecule has 0 aliphatic carbocycles. The molecule has 0 radical (unpaired) electrons. The number of thiophene rings is 1. The van der Waals surface area contributed by atoms with Crippen LogP contribution in [0.15, 0.2) is 23.6 Å². The van der Waals surface area contributed by atoms with Crippen LogP contribution in [0.5, 0.6) is 0 Å². The van der Waals surface area contributed by atoms with Crippen LogP contribution >= 0.6 is 11.3 Å². The number of benzene rings is 1. The van der Waals surface area contributed by atoms with Crippen LogP contribution in [0, 0.1) is 5.82 Å². The van der Waals surface area contributed by atoms with Crippen LogP contribution in [-0.4, -0.2) is 7.05 Å². The molecule has 74 valence electrons. The summed E-state index contributed by atoms with van der Waals surface area (Å²) in [6.07, 6.45) is 0. The summed E-state index contributed by atoms with van der Waals surface area (Å²) in [6.45, 7) is 2.10. The normalized spacial score (nSPS) is 13.4. The first-order valence-electron chi connectivity index (χ1n) is 4.56. The lowest BCUT2D eigenvalue weighted by molar-refractivity contribution is 0.629. The zero-order valence-electron chi connectivity index (χ0n) is 8.17. The summed E-state index contributed by atoms with van der Waals surface area (Å²) >= 11 is 1.59. The van der Waals surface area contributed by atoms with Gasteiger partial charge in [0.1, 0.15) is 5.82 Å². The molecule has 1 N–H and O–H groups in total. The third-order valence-corrected chi connectivity index (χ3v) is 3.43. The SMILES string of the molecule is CNC(C)c1csc2cc(F)ccc12. The second kappa shape index (κ2) is 3.67. The zero-order valence-corrected chi connectivity index (χ0v) is 8.99. The summed E-state index contributed by atoms with van der Waals surface area (Å²) < 4.78 is 13.9. The minimum Gasteiger partial charge on any atom is -0.313 e. The Morgan fingerprint density at radius 3 is 2.93 bits per heavy atom. The summed E-state index contributed by atoms with van der Waals surface area (Å²) in [5.41, 5.74) is 1.24. The fraction of sp³-hybridized carbons (Fsp3) is 0.273. The molecule has 0 aliphatic heterocycles. The van der Waals surface area contributed by atoms with E-state index in [1.807, 2.05) is 13.1 Å². The monoisotopic (exact) mass is 209 g/mol. The van der Waals surface area contributed by atoms with Gasteiger partial charge in [-0.15, -0.1) is 11.3 Å². The average molecular weight is 209 g/mol. The van der Waals surface area contributed by atoms with Crippen molar-refractivity contribution in [2.24, 2.45) is 0 Å². The highest BCUT2D eigenvalue weighted by atomic mass is 32.1. The van der Waals surface area contributed by atoms with Crippen LogP contribution in [0.25, 0.3) is 10.1 Å². The molecule has 2 rings (SSSR count). The van der Waals surface area contributed by atoms with E-state index in [-0.39, 0.29) is 5.82 Å². The predicted octanol–water partition coefficient (Wildman–Crippen LogP) is 3.32. The van der Waals surface area contributed by atoms with Crippen molar-refractivity contribution in [1.82, 2.24) is 5.32 Å². The molecule has 1 atom stereocenters. The molecule has 0 saturated heterocycles. The van der Waals surface area contributed by atoms with Gasteiger partial charge in [0, 0.05) is 10.7 Å². The Hall–Kier alpha value is -0.930. The quantitative estimate of drug-likeness (QED) is 0.800. The Morgan fingerprint density at radius 1 is 1.43 bits per heavy atom. The lowest BCUT2D eigenvalue weighted by Crippen LogP contribution is -2.11. The van der Waals surface area contributed by atoms with Gasteiger partial charge in [-0.1, -0.05) is 6.07 Å². The second-order valence-corrected chi connectivity index (χ2v) is 4.25. The number of hydrogen-bond donors (Lipinski definition) is 1. The molecule has 1 heterocycles. The summed E-state index contributed by atoms with van der Waals surface area (Å²) in [5, 5.41) is 6.43. The average Bonchev–Trinajstić information content (AvgIpc) is 2.59. The number of fused-ring (bicyclic) bond motifs is 1. The van der Waals surface area contributed by atoms with Crippen LogP contribution in [0.3, 0.4) is 0 Å². The van der Waals surface area contributed by atoms with Gasteiger partial charge in [-0.25, -0.2) is 4.39 Å². The maximum atomic E-state index is 12.9. The minimum absolute atomic E-state index is 0.164. The Bertz CT molecular complexity index is 449. The van der Waals surface area contributed by atoms with E-state index in [9.17, 15) is 4.39 Å². The lowest BCUT2D eigenvalue weighted by Gasteiger charge is -2.08. The van der Waals surface area contributed by atoms with Crippen LogP contribution in [0.2, 0.25) is 0 Å². The maximum absolute atomic E-state index is 12.9. The zero-order chi connectivity index (χ0) is 10.1. The van der Waals surface area contributed by atoms with Crippen LogP contribution < -0.4 is 5.32 Å². The van der Waals surface area contributed by atoms with E-state index < -0.39 is 0 Å². The fourth-order valence-corrected chi connectivity index (χ4v) is 2.59. The number of nitrogens with one attached hydrogen (secondary N) is 1. The van der Waals surface area contributed by atoms with Gasteiger partial charge in [0.05, 0.1) is 0 Å². The van der Waals surface area contributed by atoms with E-state index in [4.69, 9.17) is 0 Å². The summed E-state index contributed by atoms with van der Waals surface area (Å²) in [6, 6.07) is 5.27. The largest absolute Gasteiger partial charge is 0.313 e. The van der Waals surface area contributed by atoms with Gasteiger partial charge in [0.15, 0.2) is 0 Å². The topological polar surface area (TPSA) is 12.0 Å². The first kappa shape index (κ1) is 9.62. The van der Waals surface area contributed by atoms with Crippen LogP contribution in [0.1, 0.15) is 18.5 Å². The third-order valence-electron chi connectivity index (χ3n) is 2.47. The van der Waals surface area contributed by atoms with E-state index in [0.717, 1.165) is 10.1 Å². The summed E-state index contributed by atoms with van der Waals surface area (Å²) in [4.78, 5) is 0. The van der Waals surface area contributed by atoms with E-state index in [0.29, 0.717) is 6.04 Å². The van der Waals surface area contributed by atoms with Crippen molar-refractivity contribution in [3.05, 3.63) is 35.0 Å². The Morgan fingerprint density at radius 2 is 2.21 bits per heavy atom. The minimum atomic E-state index is -0.164. The van der Waals surface area contributed by atoms with Crippen molar-refractivity contribution in [2.75, 3.05) is 7.05 Å². The maximum Gasteiger partial charge on any atom is 0.124 e. The predicted molar refractivity (Wildman–Crippen MR) is 59.3 cm³/mol. The van der Waals surface area contributed by atoms with Gasteiger partial charge >= 0.3 is 0 Å². The van der Waals surface area contributed by atoms with Crippen LogP contribution in [-0.2, 0) is 0 Å². The second-order valence-electron chi connectivity index (χ2n) is 3.34. The highest BCUT2D eigenvalue weighted by molar-refractivity contribution is 7.17. The molecule has 0 bridgehead atoms. The molecule has 1 nitrogen and oxygen atoms in total. The van der Waals surface area contributed by atoms with Gasteiger partial charge < -0.3 is 5.32 Å². The Kier molecular flexibility index (Phi) is 2.52. The van der Waals surface area contributed by atoms with E-state index in [2.05, 4.69) is 17.6 Å². The molecule has 0 saturated carbocycles. The summed E-state index contributed by atoms with van der Waals surface area (Å²) in [5.74, 6) is -0.164. The van der Waals surface area contributed by atoms with Gasteiger partial charge in [0.2, 0.25) is 0 Å². The third kappa shape index (κ3) is 1.53. The highest BCUT2D eigenvalue weighted by Gasteiger charge is 2.09. The summed E-state index contributed by atoms with van der Waals surface area (Å²) in [7, 11) is 1.93. The van der Waals surface area contributed by atoms with Crippen molar-refractivity contribution in [3.63, 3.8) is 0 Å². The van der Waals surface area contributed by atoms with Crippen molar-refractivity contribution < 1.29 is 4.39 Å². The molecular weight excluding hydrogens is 197 g/mol. The Labute approximate surface area is 86.6 Å². The van der Waals surface area contributed by atoms with E-state index in [1.165, 1.54) is 11.6 Å². The molecule has 0 amide bonds. The molecular formula is C11H12FNS. The Balaban J connectivity index is 2.58. The van der Waals surface area contributed by atoms with Crippen molar-refractivity contribution in [2.45, 2.75) is 13.0 Å². The molecule has 1 aromatic carbocycles. The number of rotatable bonds is 2. The molecule has 0 fully saturated rings.